The largest absolute Gasteiger partial charge is 0.495 e. The molecule has 28 heavy (non-hydrogen) atoms. The highest BCUT2D eigenvalue weighted by molar-refractivity contribution is 6.32. The molecule has 1 aliphatic carbocycles. The number of hydrazone groups is 1. The van der Waals surface area contributed by atoms with E-state index in [2.05, 4.69) is 15.8 Å². The van der Waals surface area contributed by atoms with Crippen LogP contribution in [0.1, 0.15) is 29.0 Å². The van der Waals surface area contributed by atoms with Crippen LogP contribution in [-0.4, -0.2) is 31.2 Å². The number of nitrogens with one attached hydrogen (secondary N) is 2. The van der Waals surface area contributed by atoms with Crippen LogP contribution in [0.5, 0.6) is 5.75 Å². The number of hydrogen-bond acceptors (Lipinski definition) is 4. The molecule has 1 saturated heterocycles. The molecule has 0 radical (unpaired) electrons. The van der Waals surface area contributed by atoms with Gasteiger partial charge in [0, 0.05) is 18.0 Å². The normalized spacial score (nSPS) is 22.1. The van der Waals surface area contributed by atoms with Gasteiger partial charge >= 0.3 is 0 Å². The molecule has 0 aromatic heterocycles. The maximum Gasteiger partial charge on any atom is 0.253 e. The first-order valence-corrected chi connectivity index (χ1v) is 9.52. The summed E-state index contributed by atoms with van der Waals surface area (Å²) in [5.74, 6) is -1.10. The van der Waals surface area contributed by atoms with Gasteiger partial charge in [0.15, 0.2) is 0 Å². The van der Waals surface area contributed by atoms with Crippen LogP contribution in [-0.2, 0) is 16.0 Å². The van der Waals surface area contributed by atoms with Crippen molar-refractivity contribution < 1.29 is 14.3 Å². The number of carbonyl (C=O) groups is 2. The maximum absolute atomic E-state index is 12.8. The summed E-state index contributed by atoms with van der Waals surface area (Å²) in [7, 11) is 1.56. The molecule has 2 aliphatic rings. The van der Waals surface area contributed by atoms with Crippen molar-refractivity contribution in [2.75, 3.05) is 13.7 Å². The quantitative estimate of drug-likeness (QED) is 0.614. The molecule has 0 saturated carbocycles. The predicted molar refractivity (Wildman–Crippen MR) is 107 cm³/mol. The van der Waals surface area contributed by atoms with E-state index in [0.29, 0.717) is 23.7 Å². The molecule has 6 nitrogen and oxygen atoms in total. The van der Waals surface area contributed by atoms with E-state index >= 15 is 0 Å². The second-order valence-electron chi connectivity index (χ2n) is 6.92. The molecule has 1 heterocycles. The number of fused-ring (bicyclic) bond motifs is 1. The Kier molecular flexibility index (Phi) is 5.05. The van der Waals surface area contributed by atoms with Gasteiger partial charge in [-0.3, -0.25) is 9.59 Å². The summed E-state index contributed by atoms with van der Waals surface area (Å²) in [4.78, 5) is 25.0. The van der Waals surface area contributed by atoms with Gasteiger partial charge in [-0.2, -0.15) is 5.10 Å². The van der Waals surface area contributed by atoms with Gasteiger partial charge in [0.25, 0.3) is 5.91 Å². The first kappa shape index (κ1) is 18.5. The molecule has 0 spiro atoms. The Morgan fingerprint density at radius 2 is 2.04 bits per heavy atom. The highest BCUT2D eigenvalue weighted by atomic mass is 35.5. The fourth-order valence-electron chi connectivity index (χ4n) is 3.86. The monoisotopic (exact) mass is 397 g/mol. The van der Waals surface area contributed by atoms with E-state index in [1.54, 1.807) is 7.11 Å². The first-order chi connectivity index (χ1) is 13.6. The molecule has 0 bridgehead atoms. The van der Waals surface area contributed by atoms with Crippen LogP contribution in [0.3, 0.4) is 0 Å². The number of methoxy groups -OCH3 is 1. The lowest BCUT2D eigenvalue weighted by molar-refractivity contribution is -0.133. The highest BCUT2D eigenvalue weighted by Gasteiger charge is 2.41. The minimum Gasteiger partial charge on any atom is -0.495 e. The predicted octanol–water partition coefficient (Wildman–Crippen LogP) is 2.64. The Balaban J connectivity index is 1.54. The minimum atomic E-state index is -0.799. The number of amides is 2. The fraction of sp³-hybridized carbons (Fsp3) is 0.286. The van der Waals surface area contributed by atoms with Crippen molar-refractivity contribution in [3.63, 3.8) is 0 Å². The maximum atomic E-state index is 12.8. The van der Waals surface area contributed by atoms with Gasteiger partial charge in [0.1, 0.15) is 11.7 Å². The van der Waals surface area contributed by atoms with Crippen molar-refractivity contribution in [2.24, 2.45) is 11.0 Å². The lowest BCUT2D eigenvalue weighted by Crippen LogP contribution is -2.35. The molecule has 2 N–H and O–H groups in total. The number of carbonyl (C=O) groups excluding carboxylic acids is 2. The fourth-order valence-corrected chi connectivity index (χ4v) is 4.12. The lowest BCUT2D eigenvalue weighted by Gasteiger charge is -2.15. The van der Waals surface area contributed by atoms with Crippen LogP contribution >= 0.6 is 11.6 Å². The second kappa shape index (κ2) is 7.64. The molecule has 2 aromatic rings. The smallest absolute Gasteiger partial charge is 0.253 e. The van der Waals surface area contributed by atoms with E-state index in [4.69, 9.17) is 16.3 Å². The Bertz CT molecular complexity index is 959. The number of hydrogen-bond donors (Lipinski definition) is 2. The van der Waals surface area contributed by atoms with Crippen molar-refractivity contribution in [1.82, 2.24) is 10.7 Å². The number of halogens is 1. The van der Waals surface area contributed by atoms with Gasteiger partial charge in [-0.05, 0) is 36.1 Å². The van der Waals surface area contributed by atoms with Gasteiger partial charge in [0.2, 0.25) is 5.91 Å². The molecule has 7 heteroatoms. The third-order valence-electron chi connectivity index (χ3n) is 5.31. The second-order valence-corrected chi connectivity index (χ2v) is 7.33. The van der Waals surface area contributed by atoms with Gasteiger partial charge in [-0.15, -0.1) is 0 Å². The van der Waals surface area contributed by atoms with E-state index < -0.39 is 11.8 Å². The topological polar surface area (TPSA) is 79.8 Å². The van der Waals surface area contributed by atoms with E-state index in [-0.39, 0.29) is 11.8 Å². The zero-order chi connectivity index (χ0) is 19.7. The summed E-state index contributed by atoms with van der Waals surface area (Å²) in [5, 5.41) is 7.66. The standard InChI is InChI=1S/C21H20ClN3O3/c1-28-18-10-14-13(9-16(18)22)7-8-17(14)24-25-21(27)19-15(11-23-20(19)26)12-5-3-2-4-6-12/h2-6,9-10,15,19H,7-8,11H2,1H3,(H,23,26)(H,25,27)/b24-17-. The summed E-state index contributed by atoms with van der Waals surface area (Å²) >= 11 is 6.18. The summed E-state index contributed by atoms with van der Waals surface area (Å²) in [6.45, 7) is 0.441. The molecule has 2 atom stereocenters. The molecule has 2 unspecified atom stereocenters. The van der Waals surface area contributed by atoms with E-state index in [1.807, 2.05) is 42.5 Å². The third kappa shape index (κ3) is 3.36. The van der Waals surface area contributed by atoms with Crippen molar-refractivity contribution in [3.8, 4) is 5.75 Å². The van der Waals surface area contributed by atoms with Crippen LogP contribution in [0.25, 0.3) is 0 Å². The molecule has 144 valence electrons. The van der Waals surface area contributed by atoms with Crippen LogP contribution in [0, 0.1) is 5.92 Å². The highest BCUT2D eigenvalue weighted by Crippen LogP contribution is 2.33. The molecule has 4 rings (SSSR count). The van der Waals surface area contributed by atoms with Crippen molar-refractivity contribution in [3.05, 3.63) is 64.2 Å². The van der Waals surface area contributed by atoms with Crippen LogP contribution in [0.2, 0.25) is 5.02 Å². The first-order valence-electron chi connectivity index (χ1n) is 9.14. The zero-order valence-corrected chi connectivity index (χ0v) is 16.1. The zero-order valence-electron chi connectivity index (χ0n) is 15.4. The van der Waals surface area contributed by atoms with Crippen LogP contribution in [0.15, 0.2) is 47.6 Å². The van der Waals surface area contributed by atoms with E-state index in [9.17, 15) is 9.59 Å². The number of aryl methyl sites for hydroxylation is 1. The number of nitrogens with zero attached hydrogens (tertiary/aromatic N) is 1. The minimum absolute atomic E-state index is 0.205. The molecule has 2 amide bonds. The number of rotatable bonds is 4. The Hall–Kier alpha value is -2.86. The van der Waals surface area contributed by atoms with Crippen molar-refractivity contribution in [1.29, 1.82) is 0 Å². The average molecular weight is 398 g/mol. The SMILES string of the molecule is COc1cc2c(cc1Cl)CC/C2=N/NC(=O)C1C(=O)NCC1c1ccccc1. The summed E-state index contributed by atoms with van der Waals surface area (Å²) in [5.41, 5.74) is 6.30. The van der Waals surface area contributed by atoms with Gasteiger partial charge in [0.05, 0.1) is 17.8 Å². The summed E-state index contributed by atoms with van der Waals surface area (Å²) in [6, 6.07) is 13.3. The van der Waals surface area contributed by atoms with Gasteiger partial charge < -0.3 is 10.1 Å². The summed E-state index contributed by atoms with van der Waals surface area (Å²) in [6.07, 6.45) is 1.49. The molecule has 1 fully saturated rings. The Morgan fingerprint density at radius 3 is 2.79 bits per heavy atom. The Morgan fingerprint density at radius 1 is 1.25 bits per heavy atom. The average Bonchev–Trinajstić information content (AvgIpc) is 3.29. The van der Waals surface area contributed by atoms with Crippen molar-refractivity contribution >= 4 is 29.1 Å². The van der Waals surface area contributed by atoms with Crippen LogP contribution < -0.4 is 15.5 Å². The van der Waals surface area contributed by atoms with Gasteiger partial charge in [-0.25, -0.2) is 5.43 Å². The van der Waals surface area contributed by atoms with Gasteiger partial charge in [-0.1, -0.05) is 41.9 Å². The Labute approximate surface area is 167 Å². The molecule has 2 aromatic carbocycles. The third-order valence-corrected chi connectivity index (χ3v) is 5.61. The number of ether oxygens (including phenoxy) is 1. The van der Waals surface area contributed by atoms with E-state index in [0.717, 1.165) is 28.8 Å². The molecule has 1 aliphatic heterocycles. The van der Waals surface area contributed by atoms with Crippen LogP contribution in [0.4, 0.5) is 0 Å². The van der Waals surface area contributed by atoms with E-state index in [1.165, 1.54) is 0 Å². The summed E-state index contributed by atoms with van der Waals surface area (Å²) < 4.78 is 5.28. The van der Waals surface area contributed by atoms with Crippen molar-refractivity contribution in [2.45, 2.75) is 18.8 Å². The number of benzene rings is 2. The molecular weight excluding hydrogens is 378 g/mol. The lowest BCUT2D eigenvalue weighted by atomic mass is 9.88. The molecular formula is C21H20ClN3O3.